The minimum atomic E-state index is -4.14. The molecule has 0 aliphatic rings. The maximum atomic E-state index is 11.1. The highest BCUT2D eigenvalue weighted by molar-refractivity contribution is 7.55. The molecule has 0 saturated carbocycles. The molecule has 0 aliphatic heterocycles. The number of methoxy groups -OCH3 is 1. The van der Waals surface area contributed by atoms with Crippen LogP contribution in [0.1, 0.15) is 15.9 Å². The average Bonchev–Trinajstić information content (AvgIpc) is 2.25. The van der Waals surface area contributed by atoms with Gasteiger partial charge in [-0.05, 0) is 23.8 Å². The first-order chi connectivity index (χ1) is 7.42. The van der Waals surface area contributed by atoms with Crippen LogP contribution in [-0.4, -0.2) is 22.9 Å². The summed E-state index contributed by atoms with van der Waals surface area (Å²) in [6.45, 7) is 0. The Labute approximate surface area is 92.5 Å². The van der Waals surface area contributed by atoms with Crippen LogP contribution in [0.5, 0.6) is 0 Å². The van der Waals surface area contributed by atoms with Crippen LogP contribution in [0.15, 0.2) is 30.1 Å². The number of hydrogen-bond acceptors (Lipinski definition) is 3. The smallest absolute Gasteiger partial charge is 0.349 e. The van der Waals surface area contributed by atoms with E-state index in [9.17, 15) is 9.36 Å². The Morgan fingerprint density at radius 1 is 1.31 bits per heavy atom. The Bertz CT molecular complexity index is 443. The van der Waals surface area contributed by atoms with Gasteiger partial charge < -0.3 is 14.5 Å². The predicted octanol–water partition coefficient (Wildman–Crippen LogP) is 1.62. The fraction of sp³-hybridized carbons (Fsp3) is 0.100. The zero-order valence-corrected chi connectivity index (χ0v) is 9.42. The van der Waals surface area contributed by atoms with Crippen LogP contribution in [0.3, 0.4) is 0 Å². The number of ether oxygens (including phenoxy) is 1. The fourth-order valence-corrected chi connectivity index (χ4v) is 1.40. The first-order valence-corrected chi connectivity index (χ1v) is 6.03. The Kier molecular flexibility index (Phi) is 4.01. The van der Waals surface area contributed by atoms with E-state index in [-0.39, 0.29) is 0 Å². The molecule has 0 aromatic heterocycles. The molecule has 6 heteroatoms. The van der Waals surface area contributed by atoms with Crippen LogP contribution in [0, 0.1) is 0 Å². The highest BCUT2D eigenvalue weighted by Crippen LogP contribution is 2.36. The van der Waals surface area contributed by atoms with Gasteiger partial charge in [-0.15, -0.1) is 0 Å². The lowest BCUT2D eigenvalue weighted by atomic mass is 10.1. The van der Waals surface area contributed by atoms with Gasteiger partial charge in [0.15, 0.2) is 0 Å². The third-order valence-electron chi connectivity index (χ3n) is 1.79. The Hall–Kier alpha value is -1.42. The van der Waals surface area contributed by atoms with Crippen molar-refractivity contribution in [1.29, 1.82) is 0 Å². The van der Waals surface area contributed by atoms with E-state index in [1.807, 2.05) is 0 Å². The molecule has 1 aromatic carbocycles. The van der Waals surface area contributed by atoms with E-state index in [4.69, 9.17) is 9.79 Å². The van der Waals surface area contributed by atoms with Crippen LogP contribution in [0.25, 0.3) is 6.08 Å². The molecule has 0 amide bonds. The molecular formula is C10H11O5P. The molecule has 0 radical (unpaired) electrons. The van der Waals surface area contributed by atoms with Crippen LogP contribution in [0.4, 0.5) is 0 Å². The van der Waals surface area contributed by atoms with Gasteiger partial charge in [-0.2, -0.15) is 0 Å². The minimum Gasteiger partial charge on any atom is -0.465 e. The van der Waals surface area contributed by atoms with Gasteiger partial charge in [-0.1, -0.05) is 12.1 Å². The summed E-state index contributed by atoms with van der Waals surface area (Å²) in [7, 11) is -2.86. The molecule has 0 saturated heterocycles. The van der Waals surface area contributed by atoms with Crippen molar-refractivity contribution in [2.45, 2.75) is 0 Å². The molecule has 0 heterocycles. The lowest BCUT2D eigenvalue weighted by Gasteiger charge is -1.99. The molecule has 2 N–H and O–H groups in total. The Morgan fingerprint density at radius 2 is 1.88 bits per heavy atom. The van der Waals surface area contributed by atoms with Gasteiger partial charge in [0.25, 0.3) is 0 Å². The van der Waals surface area contributed by atoms with E-state index in [0.29, 0.717) is 11.1 Å². The van der Waals surface area contributed by atoms with Crippen LogP contribution in [-0.2, 0) is 9.30 Å². The second kappa shape index (κ2) is 5.07. The van der Waals surface area contributed by atoms with Gasteiger partial charge in [0, 0.05) is 5.82 Å². The zero-order chi connectivity index (χ0) is 12.2. The van der Waals surface area contributed by atoms with E-state index in [1.165, 1.54) is 25.3 Å². The number of esters is 1. The summed E-state index contributed by atoms with van der Waals surface area (Å²) in [5, 5.41) is 0. The van der Waals surface area contributed by atoms with Crippen molar-refractivity contribution in [1.82, 2.24) is 0 Å². The summed E-state index contributed by atoms with van der Waals surface area (Å²) >= 11 is 0. The van der Waals surface area contributed by atoms with Gasteiger partial charge in [-0.25, -0.2) is 4.79 Å². The molecule has 5 nitrogen and oxygen atoms in total. The van der Waals surface area contributed by atoms with E-state index < -0.39 is 13.6 Å². The lowest BCUT2D eigenvalue weighted by molar-refractivity contribution is 0.0600. The second-order valence-electron chi connectivity index (χ2n) is 3.02. The van der Waals surface area contributed by atoms with Crippen LogP contribution >= 0.6 is 7.60 Å². The number of carbonyl (C=O) groups excluding carboxylic acids is 1. The molecule has 86 valence electrons. The average molecular weight is 242 g/mol. The van der Waals surface area contributed by atoms with Crippen molar-refractivity contribution < 1.29 is 23.9 Å². The summed E-state index contributed by atoms with van der Waals surface area (Å²) in [6, 6.07) is 6.17. The number of benzene rings is 1. The van der Waals surface area contributed by atoms with Gasteiger partial charge in [0.1, 0.15) is 0 Å². The van der Waals surface area contributed by atoms with E-state index in [2.05, 4.69) is 4.74 Å². The molecule has 1 rings (SSSR count). The normalized spacial score (nSPS) is 11.7. The summed E-state index contributed by atoms with van der Waals surface area (Å²) < 4.78 is 15.1. The molecule has 0 fully saturated rings. The van der Waals surface area contributed by atoms with Crippen molar-refractivity contribution in [3.05, 3.63) is 41.2 Å². The van der Waals surface area contributed by atoms with Crippen molar-refractivity contribution in [2.75, 3.05) is 7.11 Å². The molecule has 0 atom stereocenters. The molecule has 1 aromatic rings. The Morgan fingerprint density at radius 3 is 2.31 bits per heavy atom. The van der Waals surface area contributed by atoms with E-state index in [0.717, 1.165) is 5.82 Å². The number of rotatable bonds is 3. The maximum Gasteiger partial charge on any atom is 0.349 e. The van der Waals surface area contributed by atoms with Gasteiger partial charge in [0.2, 0.25) is 0 Å². The minimum absolute atomic E-state index is 0.385. The quantitative estimate of drug-likeness (QED) is 0.621. The summed E-state index contributed by atoms with van der Waals surface area (Å²) in [6.07, 6.45) is 1.29. The number of carbonyl (C=O) groups is 1. The van der Waals surface area contributed by atoms with Crippen molar-refractivity contribution in [3.63, 3.8) is 0 Å². The molecule has 16 heavy (non-hydrogen) atoms. The van der Waals surface area contributed by atoms with Crippen molar-refractivity contribution in [3.8, 4) is 0 Å². The molecule has 0 bridgehead atoms. The van der Waals surface area contributed by atoms with Crippen molar-refractivity contribution in [2.24, 2.45) is 0 Å². The fourth-order valence-electron chi connectivity index (χ4n) is 1.03. The highest BCUT2D eigenvalue weighted by atomic mass is 31.2. The first-order valence-electron chi connectivity index (χ1n) is 4.35. The van der Waals surface area contributed by atoms with Gasteiger partial charge >= 0.3 is 13.6 Å². The largest absolute Gasteiger partial charge is 0.465 e. The molecular weight excluding hydrogens is 231 g/mol. The van der Waals surface area contributed by atoms with E-state index >= 15 is 0 Å². The SMILES string of the molecule is COC(=O)c1ccc(C=CP(=O)(O)O)cc1. The molecule has 0 unspecified atom stereocenters. The topological polar surface area (TPSA) is 83.8 Å². The lowest BCUT2D eigenvalue weighted by Crippen LogP contribution is -2.00. The second-order valence-corrected chi connectivity index (χ2v) is 4.49. The summed E-state index contributed by atoms with van der Waals surface area (Å²) in [4.78, 5) is 28.3. The predicted molar refractivity (Wildman–Crippen MR) is 58.9 cm³/mol. The number of hydrogen-bond donors (Lipinski definition) is 2. The van der Waals surface area contributed by atoms with Crippen LogP contribution < -0.4 is 0 Å². The summed E-state index contributed by atoms with van der Waals surface area (Å²) in [5.74, 6) is 0.352. The van der Waals surface area contributed by atoms with Gasteiger partial charge in [-0.3, -0.25) is 4.57 Å². The van der Waals surface area contributed by atoms with Gasteiger partial charge in [0.05, 0.1) is 12.7 Å². The van der Waals surface area contributed by atoms with Crippen molar-refractivity contribution >= 4 is 19.6 Å². The maximum absolute atomic E-state index is 11.1. The van der Waals surface area contributed by atoms with Crippen LogP contribution in [0.2, 0.25) is 0 Å². The van der Waals surface area contributed by atoms with E-state index in [1.54, 1.807) is 12.1 Å². The molecule has 0 spiro atoms. The third kappa shape index (κ3) is 3.98. The molecule has 0 aliphatic carbocycles. The highest BCUT2D eigenvalue weighted by Gasteiger charge is 2.06. The monoisotopic (exact) mass is 242 g/mol. The third-order valence-corrected chi connectivity index (χ3v) is 2.33. The zero-order valence-electron chi connectivity index (χ0n) is 8.53. The summed E-state index contributed by atoms with van der Waals surface area (Å²) in [5.41, 5.74) is 0.979. The standard InChI is InChI=1S/C10H11O5P/c1-15-10(11)9-4-2-8(3-5-9)6-7-16(12,13)14/h2-7H,1H3,(H2,12,13,14). The Balaban J connectivity index is 2.84. The first kappa shape index (κ1) is 12.6.